The molecule has 1 atom stereocenters. The maximum absolute atomic E-state index is 14.7. The van der Waals surface area contributed by atoms with Crippen LogP contribution in [-0.4, -0.2) is 9.97 Å². The van der Waals surface area contributed by atoms with Gasteiger partial charge in [0.15, 0.2) is 5.13 Å². The van der Waals surface area contributed by atoms with Gasteiger partial charge >= 0.3 is 6.18 Å². The summed E-state index contributed by atoms with van der Waals surface area (Å²) >= 11 is 7.44. The van der Waals surface area contributed by atoms with E-state index in [1.807, 2.05) is 54.6 Å². The van der Waals surface area contributed by atoms with E-state index in [2.05, 4.69) is 15.3 Å². The second-order valence-electron chi connectivity index (χ2n) is 8.27. The number of nitrogens with zero attached hydrogens (tertiary/aromatic N) is 2. The molecule has 9 heteroatoms. The molecular weight excluding hydrogens is 510 g/mol. The second kappa shape index (κ2) is 9.52. The van der Waals surface area contributed by atoms with Gasteiger partial charge in [-0.1, -0.05) is 65.4 Å². The van der Waals surface area contributed by atoms with Crippen LogP contribution < -0.4 is 5.32 Å². The van der Waals surface area contributed by atoms with E-state index in [9.17, 15) is 17.6 Å². The molecule has 1 N–H and O–H groups in total. The lowest BCUT2D eigenvalue weighted by Crippen LogP contribution is -2.40. The molecule has 0 aliphatic carbocycles. The molecule has 0 radical (unpaired) electrons. The summed E-state index contributed by atoms with van der Waals surface area (Å²) in [6.45, 7) is 0. The molecule has 3 aromatic carbocycles. The Morgan fingerprint density at radius 3 is 2.28 bits per heavy atom. The van der Waals surface area contributed by atoms with Crippen LogP contribution in [0.2, 0.25) is 5.02 Å². The predicted molar refractivity (Wildman–Crippen MR) is 135 cm³/mol. The van der Waals surface area contributed by atoms with Gasteiger partial charge in [0.1, 0.15) is 11.4 Å². The molecule has 0 unspecified atom stereocenters. The number of benzene rings is 3. The van der Waals surface area contributed by atoms with E-state index in [0.29, 0.717) is 21.9 Å². The fraction of sp³-hybridized carbons (Fsp3) is 0.111. The lowest BCUT2D eigenvalue weighted by molar-refractivity contribution is -0.137. The normalized spacial score (nSPS) is 13.5. The van der Waals surface area contributed by atoms with Gasteiger partial charge in [-0.2, -0.15) is 13.2 Å². The van der Waals surface area contributed by atoms with Gasteiger partial charge in [-0.25, -0.2) is 9.37 Å². The zero-order chi connectivity index (χ0) is 25.3. The number of hydrogen-bond donors (Lipinski definition) is 1. The van der Waals surface area contributed by atoms with Gasteiger partial charge in [0.25, 0.3) is 0 Å². The lowest BCUT2D eigenvalue weighted by atomic mass is 9.80. The number of nitrogens with one attached hydrogen (secondary N) is 1. The van der Waals surface area contributed by atoms with Crippen molar-refractivity contribution in [3.63, 3.8) is 0 Å². The van der Waals surface area contributed by atoms with Gasteiger partial charge in [0.2, 0.25) is 0 Å². The maximum atomic E-state index is 14.7. The first-order chi connectivity index (χ1) is 17.2. The highest BCUT2D eigenvalue weighted by Gasteiger charge is 2.40. The number of alkyl halides is 3. The van der Waals surface area contributed by atoms with Crippen LogP contribution >= 0.6 is 22.9 Å². The van der Waals surface area contributed by atoms with Crippen LogP contribution in [0.1, 0.15) is 22.4 Å². The van der Waals surface area contributed by atoms with E-state index in [0.717, 1.165) is 27.9 Å². The van der Waals surface area contributed by atoms with Crippen LogP contribution in [0.15, 0.2) is 91.1 Å². The number of rotatable bonds is 6. The summed E-state index contributed by atoms with van der Waals surface area (Å²) in [5.74, 6) is -1.00. The van der Waals surface area contributed by atoms with E-state index >= 15 is 0 Å². The number of thiazole rings is 1. The standard InChI is InChI=1S/C27H18ClF4N3S/c28-20-10-11-24(33-16-20)26(15-17-6-2-1-3-7-17,18-12-19(27(30,31)32)14-21(29)13-18)35-25-34-22-8-4-5-9-23(22)36-25/h1-14,16H,15H2,(H,34,35)/t26-/m1/s1. The quantitative estimate of drug-likeness (QED) is 0.227. The van der Waals surface area contributed by atoms with Gasteiger partial charge in [0.05, 0.1) is 26.5 Å². The first kappa shape index (κ1) is 24.2. The largest absolute Gasteiger partial charge is 0.416 e. The molecule has 0 aliphatic rings. The van der Waals surface area contributed by atoms with Crippen molar-refractivity contribution in [3.8, 4) is 0 Å². The average molecular weight is 528 g/mol. The van der Waals surface area contributed by atoms with E-state index < -0.39 is 23.1 Å². The first-order valence-electron chi connectivity index (χ1n) is 10.9. The van der Waals surface area contributed by atoms with Crippen molar-refractivity contribution in [1.29, 1.82) is 0 Å². The Hall–Kier alpha value is -3.49. The van der Waals surface area contributed by atoms with Gasteiger partial charge in [-0.3, -0.25) is 4.98 Å². The van der Waals surface area contributed by atoms with E-state index in [4.69, 9.17) is 11.6 Å². The van der Waals surface area contributed by atoms with Gasteiger partial charge in [0, 0.05) is 12.6 Å². The smallest absolute Gasteiger partial charge is 0.346 e. The monoisotopic (exact) mass is 527 g/mol. The molecule has 0 spiro atoms. The molecule has 0 saturated carbocycles. The number of fused-ring (bicyclic) bond motifs is 1. The van der Waals surface area contributed by atoms with Crippen molar-refractivity contribution in [2.75, 3.05) is 5.32 Å². The summed E-state index contributed by atoms with van der Waals surface area (Å²) in [4.78, 5) is 9.11. The van der Waals surface area contributed by atoms with E-state index in [-0.39, 0.29) is 12.0 Å². The van der Waals surface area contributed by atoms with Crippen LogP contribution in [0.5, 0.6) is 0 Å². The summed E-state index contributed by atoms with van der Waals surface area (Å²) in [6.07, 6.45) is -3.15. The highest BCUT2D eigenvalue weighted by Crippen LogP contribution is 2.41. The molecule has 0 saturated heterocycles. The average Bonchev–Trinajstić information content (AvgIpc) is 3.26. The SMILES string of the molecule is Fc1cc(C(F)(F)F)cc([C@@](Cc2ccccc2)(Nc2nc3ccccc3s2)c2ccc(Cl)cn2)c1. The Morgan fingerprint density at radius 2 is 1.58 bits per heavy atom. The van der Waals surface area contributed by atoms with Crippen molar-refractivity contribution < 1.29 is 17.6 Å². The Morgan fingerprint density at radius 1 is 0.861 bits per heavy atom. The summed E-state index contributed by atoms with van der Waals surface area (Å²) in [7, 11) is 0. The first-order valence-corrected chi connectivity index (χ1v) is 12.1. The topological polar surface area (TPSA) is 37.8 Å². The van der Waals surface area contributed by atoms with Crippen molar-refractivity contribution in [3.05, 3.63) is 124 Å². The van der Waals surface area contributed by atoms with Crippen LogP contribution in [0.3, 0.4) is 0 Å². The Bertz CT molecular complexity index is 1470. The van der Waals surface area contributed by atoms with Crippen LogP contribution in [0, 0.1) is 5.82 Å². The minimum Gasteiger partial charge on any atom is -0.346 e. The highest BCUT2D eigenvalue weighted by molar-refractivity contribution is 7.22. The fourth-order valence-corrected chi connectivity index (χ4v) is 5.21. The highest BCUT2D eigenvalue weighted by atomic mass is 35.5. The predicted octanol–water partition coefficient (Wildman–Crippen LogP) is 8.10. The van der Waals surface area contributed by atoms with Crippen molar-refractivity contribution in [2.24, 2.45) is 0 Å². The number of anilines is 1. The molecule has 0 amide bonds. The summed E-state index contributed by atoms with van der Waals surface area (Å²) in [5, 5.41) is 4.18. The lowest BCUT2D eigenvalue weighted by Gasteiger charge is -2.36. The number of halogens is 5. The summed E-state index contributed by atoms with van der Waals surface area (Å²) in [5.41, 5.74) is -0.517. The Labute approximate surface area is 213 Å². The number of aromatic nitrogens is 2. The molecule has 2 heterocycles. The molecule has 5 rings (SSSR count). The zero-order valence-corrected chi connectivity index (χ0v) is 20.1. The zero-order valence-electron chi connectivity index (χ0n) is 18.6. The molecule has 0 bridgehead atoms. The molecule has 3 nitrogen and oxygen atoms in total. The third-order valence-corrected chi connectivity index (χ3v) is 6.98. The van der Waals surface area contributed by atoms with E-state index in [1.54, 1.807) is 12.1 Å². The second-order valence-corrected chi connectivity index (χ2v) is 9.73. The van der Waals surface area contributed by atoms with Crippen LogP contribution in [-0.2, 0) is 18.1 Å². The summed E-state index contributed by atoms with van der Waals surface area (Å²) < 4.78 is 56.9. The van der Waals surface area contributed by atoms with Gasteiger partial charge in [-0.15, -0.1) is 0 Å². The molecule has 0 fully saturated rings. The molecule has 2 aromatic heterocycles. The van der Waals surface area contributed by atoms with E-state index in [1.165, 1.54) is 17.5 Å². The van der Waals surface area contributed by atoms with Crippen LogP contribution in [0.25, 0.3) is 10.2 Å². The maximum Gasteiger partial charge on any atom is 0.416 e. The van der Waals surface area contributed by atoms with Gasteiger partial charge in [-0.05, 0) is 53.6 Å². The number of pyridine rings is 1. The van der Waals surface area contributed by atoms with Crippen LogP contribution in [0.4, 0.5) is 22.7 Å². The Kier molecular flexibility index (Phi) is 6.40. The molecule has 0 aliphatic heterocycles. The molecule has 5 aromatic rings. The summed E-state index contributed by atoms with van der Waals surface area (Å²) in [6, 6.07) is 22.5. The number of hydrogen-bond acceptors (Lipinski definition) is 4. The van der Waals surface area contributed by atoms with Gasteiger partial charge < -0.3 is 5.32 Å². The van der Waals surface area contributed by atoms with Crippen molar-refractivity contribution in [2.45, 2.75) is 18.1 Å². The Balaban J connectivity index is 1.77. The minimum atomic E-state index is -4.74. The number of para-hydroxylation sites is 1. The third kappa shape index (κ3) is 4.92. The van der Waals surface area contributed by atoms with Crippen molar-refractivity contribution in [1.82, 2.24) is 9.97 Å². The fourth-order valence-electron chi connectivity index (χ4n) is 4.16. The molecule has 182 valence electrons. The third-order valence-electron chi connectivity index (χ3n) is 5.81. The minimum absolute atomic E-state index is 0.0627. The molecular formula is C27H18ClF4N3S. The van der Waals surface area contributed by atoms with Crippen molar-refractivity contribution >= 4 is 38.3 Å². The molecule has 36 heavy (non-hydrogen) atoms.